The number of nitrogens with zero attached hydrogens (tertiary/aromatic N) is 3. The summed E-state index contributed by atoms with van der Waals surface area (Å²) in [5.41, 5.74) is 0.136. The SMILES string of the molecule is O=C(O)c1coc(CNCc2nn[nH]n2)c1. The number of hydrogen-bond donors (Lipinski definition) is 3. The molecule has 3 N–H and O–H groups in total. The van der Waals surface area contributed by atoms with Crippen molar-refractivity contribution < 1.29 is 14.3 Å². The maximum absolute atomic E-state index is 10.6. The van der Waals surface area contributed by atoms with Crippen LogP contribution in [0, 0.1) is 0 Å². The second kappa shape index (κ2) is 4.53. The smallest absolute Gasteiger partial charge is 0.338 e. The number of carbonyl (C=O) groups is 1. The molecule has 0 radical (unpaired) electrons. The molecule has 16 heavy (non-hydrogen) atoms. The maximum Gasteiger partial charge on any atom is 0.338 e. The summed E-state index contributed by atoms with van der Waals surface area (Å²) >= 11 is 0. The summed E-state index contributed by atoms with van der Waals surface area (Å²) in [7, 11) is 0. The quantitative estimate of drug-likeness (QED) is 0.641. The molecule has 0 saturated heterocycles. The molecule has 0 aliphatic heterocycles. The van der Waals surface area contributed by atoms with Gasteiger partial charge >= 0.3 is 5.97 Å². The van der Waals surface area contributed by atoms with Crippen LogP contribution >= 0.6 is 0 Å². The van der Waals surface area contributed by atoms with Crippen molar-refractivity contribution in [2.45, 2.75) is 13.1 Å². The highest BCUT2D eigenvalue weighted by molar-refractivity contribution is 5.87. The molecule has 0 spiro atoms. The van der Waals surface area contributed by atoms with E-state index in [0.717, 1.165) is 0 Å². The minimum atomic E-state index is -1.01. The van der Waals surface area contributed by atoms with Crippen LogP contribution in [0.1, 0.15) is 21.9 Å². The largest absolute Gasteiger partial charge is 0.478 e. The van der Waals surface area contributed by atoms with Crippen molar-refractivity contribution in [1.82, 2.24) is 25.9 Å². The summed E-state index contributed by atoms with van der Waals surface area (Å²) in [6.45, 7) is 0.835. The summed E-state index contributed by atoms with van der Waals surface area (Å²) in [5.74, 6) is 0.0686. The number of nitrogens with one attached hydrogen (secondary N) is 2. The standard InChI is InChI=1S/C8H9N5O3/c14-8(15)5-1-6(16-4-5)2-9-3-7-10-12-13-11-7/h1,4,9H,2-3H2,(H,14,15)(H,10,11,12,13). The van der Waals surface area contributed by atoms with Crippen molar-refractivity contribution in [2.75, 3.05) is 0 Å². The van der Waals surface area contributed by atoms with Gasteiger partial charge in [-0.2, -0.15) is 5.21 Å². The molecule has 0 aliphatic rings. The summed E-state index contributed by atoms with van der Waals surface area (Å²) in [6, 6.07) is 1.46. The van der Waals surface area contributed by atoms with Crippen molar-refractivity contribution in [3.8, 4) is 0 Å². The van der Waals surface area contributed by atoms with E-state index in [4.69, 9.17) is 9.52 Å². The average molecular weight is 223 g/mol. The average Bonchev–Trinajstić information content (AvgIpc) is 2.87. The van der Waals surface area contributed by atoms with E-state index < -0.39 is 5.97 Å². The van der Waals surface area contributed by atoms with Crippen molar-refractivity contribution in [1.29, 1.82) is 0 Å². The number of tetrazole rings is 1. The molecule has 84 valence electrons. The molecule has 0 aromatic carbocycles. The van der Waals surface area contributed by atoms with E-state index in [1.54, 1.807) is 0 Å². The summed E-state index contributed by atoms with van der Waals surface area (Å²) in [4.78, 5) is 10.6. The molecule has 0 aliphatic carbocycles. The lowest BCUT2D eigenvalue weighted by Gasteiger charge is -1.96. The molecule has 0 unspecified atom stereocenters. The van der Waals surface area contributed by atoms with Gasteiger partial charge in [0.2, 0.25) is 0 Å². The molecule has 0 amide bonds. The van der Waals surface area contributed by atoms with Crippen molar-refractivity contribution in [3.63, 3.8) is 0 Å². The van der Waals surface area contributed by atoms with Gasteiger partial charge in [-0.25, -0.2) is 4.79 Å². The number of carboxylic acids is 1. The zero-order valence-corrected chi connectivity index (χ0v) is 8.17. The number of furan rings is 1. The van der Waals surface area contributed by atoms with E-state index in [2.05, 4.69) is 25.9 Å². The van der Waals surface area contributed by atoms with E-state index >= 15 is 0 Å². The zero-order chi connectivity index (χ0) is 11.4. The molecule has 2 rings (SSSR count). The Balaban J connectivity index is 1.83. The maximum atomic E-state index is 10.6. The Labute approximate surface area is 89.7 Å². The minimum absolute atomic E-state index is 0.136. The van der Waals surface area contributed by atoms with E-state index in [1.807, 2.05) is 0 Å². The predicted octanol–water partition coefficient (Wildman–Crippen LogP) is -0.219. The lowest BCUT2D eigenvalue weighted by molar-refractivity contribution is 0.0696. The molecule has 8 heteroatoms. The van der Waals surface area contributed by atoms with Crippen LogP contribution in [0.3, 0.4) is 0 Å². The summed E-state index contributed by atoms with van der Waals surface area (Å²) < 4.78 is 5.04. The Morgan fingerprint density at radius 1 is 1.56 bits per heavy atom. The van der Waals surface area contributed by atoms with Crippen LogP contribution < -0.4 is 5.32 Å². The van der Waals surface area contributed by atoms with Crippen LogP contribution in [0.25, 0.3) is 0 Å². The van der Waals surface area contributed by atoms with Gasteiger partial charge in [-0.3, -0.25) is 0 Å². The number of hydrogen-bond acceptors (Lipinski definition) is 6. The molecule has 0 atom stereocenters. The molecular formula is C8H9N5O3. The van der Waals surface area contributed by atoms with Gasteiger partial charge in [-0.05, 0) is 6.07 Å². The highest BCUT2D eigenvalue weighted by Gasteiger charge is 2.07. The molecule has 2 heterocycles. The third kappa shape index (κ3) is 2.42. The van der Waals surface area contributed by atoms with Crippen LogP contribution in [-0.2, 0) is 13.1 Å². The first-order chi connectivity index (χ1) is 7.75. The highest BCUT2D eigenvalue weighted by atomic mass is 16.4. The van der Waals surface area contributed by atoms with Crippen molar-refractivity contribution >= 4 is 5.97 Å². The number of rotatable bonds is 5. The van der Waals surface area contributed by atoms with E-state index in [-0.39, 0.29) is 5.56 Å². The Morgan fingerprint density at radius 3 is 3.06 bits per heavy atom. The first-order valence-corrected chi connectivity index (χ1v) is 4.49. The van der Waals surface area contributed by atoms with Crippen molar-refractivity contribution in [3.05, 3.63) is 29.5 Å². The van der Waals surface area contributed by atoms with Crippen LogP contribution in [0.5, 0.6) is 0 Å². The number of aromatic amines is 1. The molecule has 0 fully saturated rings. The lowest BCUT2D eigenvalue weighted by Crippen LogP contribution is -2.13. The van der Waals surface area contributed by atoms with Crippen molar-refractivity contribution in [2.24, 2.45) is 0 Å². The molecule has 2 aromatic heterocycles. The third-order valence-corrected chi connectivity index (χ3v) is 1.87. The van der Waals surface area contributed by atoms with E-state index in [1.165, 1.54) is 12.3 Å². The van der Waals surface area contributed by atoms with Gasteiger partial charge in [0, 0.05) is 0 Å². The highest BCUT2D eigenvalue weighted by Crippen LogP contribution is 2.07. The van der Waals surface area contributed by atoms with E-state index in [9.17, 15) is 4.79 Å². The van der Waals surface area contributed by atoms with Crippen LogP contribution in [0.15, 0.2) is 16.7 Å². The number of aromatic carboxylic acids is 1. The van der Waals surface area contributed by atoms with Crippen LogP contribution in [0.4, 0.5) is 0 Å². The number of aromatic nitrogens is 4. The lowest BCUT2D eigenvalue weighted by atomic mass is 10.3. The van der Waals surface area contributed by atoms with Gasteiger partial charge in [0.1, 0.15) is 12.0 Å². The molecule has 8 nitrogen and oxygen atoms in total. The summed E-state index contributed by atoms with van der Waals surface area (Å²) in [6.07, 6.45) is 1.20. The normalized spacial score (nSPS) is 10.5. The Kier molecular flexibility index (Phi) is 2.92. The topological polar surface area (TPSA) is 117 Å². The van der Waals surface area contributed by atoms with Gasteiger partial charge in [0.15, 0.2) is 5.82 Å². The molecular weight excluding hydrogens is 214 g/mol. The number of H-pyrrole nitrogens is 1. The zero-order valence-electron chi connectivity index (χ0n) is 8.17. The Morgan fingerprint density at radius 2 is 2.44 bits per heavy atom. The first kappa shape index (κ1) is 10.3. The van der Waals surface area contributed by atoms with Gasteiger partial charge in [0.05, 0.1) is 18.7 Å². The Hall–Kier alpha value is -2.22. The summed E-state index contributed by atoms with van der Waals surface area (Å²) in [5, 5.41) is 24.9. The van der Waals surface area contributed by atoms with Gasteiger partial charge < -0.3 is 14.8 Å². The monoisotopic (exact) mass is 223 g/mol. The van der Waals surface area contributed by atoms with Crippen LogP contribution in [0.2, 0.25) is 0 Å². The molecule has 2 aromatic rings. The van der Waals surface area contributed by atoms with Gasteiger partial charge in [-0.15, -0.1) is 10.2 Å². The van der Waals surface area contributed by atoms with Gasteiger partial charge in [0.25, 0.3) is 0 Å². The predicted molar refractivity (Wildman–Crippen MR) is 50.4 cm³/mol. The number of carboxylic acid groups (broad SMARTS) is 1. The Bertz CT molecular complexity index is 464. The second-order valence-corrected chi connectivity index (χ2v) is 3.04. The molecule has 0 saturated carbocycles. The fourth-order valence-corrected chi connectivity index (χ4v) is 1.14. The third-order valence-electron chi connectivity index (χ3n) is 1.87. The second-order valence-electron chi connectivity index (χ2n) is 3.04. The fraction of sp³-hybridized carbons (Fsp3) is 0.250. The van der Waals surface area contributed by atoms with Gasteiger partial charge in [-0.1, -0.05) is 5.21 Å². The minimum Gasteiger partial charge on any atom is -0.478 e. The van der Waals surface area contributed by atoms with Crippen LogP contribution in [-0.4, -0.2) is 31.7 Å². The van der Waals surface area contributed by atoms with E-state index in [0.29, 0.717) is 24.7 Å². The first-order valence-electron chi connectivity index (χ1n) is 4.49. The molecule has 0 bridgehead atoms. The fourth-order valence-electron chi connectivity index (χ4n) is 1.14.